The Morgan fingerprint density at radius 3 is 2.75 bits per heavy atom. The van der Waals surface area contributed by atoms with E-state index in [2.05, 4.69) is 10.5 Å². The lowest BCUT2D eigenvalue weighted by Gasteiger charge is -2.07. The second-order valence-electron chi connectivity index (χ2n) is 4.21. The van der Waals surface area contributed by atoms with Crippen LogP contribution in [0.4, 0.5) is 5.69 Å². The van der Waals surface area contributed by atoms with Gasteiger partial charge in [0.05, 0.1) is 22.9 Å². The minimum atomic E-state index is -1.26. The molecule has 0 unspecified atom stereocenters. The second-order valence-corrected chi connectivity index (χ2v) is 4.62. The maximum Gasteiger partial charge on any atom is 0.0754 e. The molecule has 0 saturated heterocycles. The third-order valence-corrected chi connectivity index (χ3v) is 3.11. The summed E-state index contributed by atoms with van der Waals surface area (Å²) in [6.07, 6.45) is 1.65. The van der Waals surface area contributed by atoms with E-state index in [1.165, 1.54) is 18.2 Å². The van der Waals surface area contributed by atoms with Gasteiger partial charge in [0.1, 0.15) is 0 Å². The lowest BCUT2D eigenvalue weighted by molar-refractivity contribution is -0.255. The molecule has 5 heteroatoms. The molecule has 0 aliphatic heterocycles. The summed E-state index contributed by atoms with van der Waals surface area (Å²) < 4.78 is 0. The van der Waals surface area contributed by atoms with Gasteiger partial charge in [0.2, 0.25) is 0 Å². The number of hydrazone groups is 1. The molecule has 0 fully saturated rings. The number of halogens is 1. The molecule has 0 spiro atoms. The monoisotopic (exact) mass is 287 g/mol. The van der Waals surface area contributed by atoms with Crippen molar-refractivity contribution in [2.75, 3.05) is 5.43 Å². The molecule has 102 valence electrons. The summed E-state index contributed by atoms with van der Waals surface area (Å²) in [7, 11) is 0. The fourth-order valence-electron chi connectivity index (χ4n) is 1.64. The van der Waals surface area contributed by atoms with Gasteiger partial charge in [-0.2, -0.15) is 5.10 Å². The van der Waals surface area contributed by atoms with Gasteiger partial charge < -0.3 is 9.90 Å². The fraction of sp³-hybridized carbons (Fsp3) is 0.0667. The highest BCUT2D eigenvalue weighted by atomic mass is 35.5. The number of hydrogen-bond acceptors (Lipinski definition) is 4. The molecule has 0 saturated carbocycles. The van der Waals surface area contributed by atoms with Crippen LogP contribution in [0.5, 0.6) is 0 Å². The van der Waals surface area contributed by atoms with E-state index < -0.39 is 5.97 Å². The molecule has 0 radical (unpaired) electrons. The predicted octanol–water partition coefficient (Wildman–Crippen LogP) is 2.46. The van der Waals surface area contributed by atoms with Gasteiger partial charge in [0.25, 0.3) is 0 Å². The van der Waals surface area contributed by atoms with E-state index in [0.29, 0.717) is 10.7 Å². The number of nitrogens with one attached hydrogen (secondary N) is 1. The summed E-state index contributed by atoms with van der Waals surface area (Å²) in [5.41, 5.74) is 5.25. The van der Waals surface area contributed by atoms with Crippen molar-refractivity contribution in [1.29, 1.82) is 0 Å². The van der Waals surface area contributed by atoms with Gasteiger partial charge in [-0.3, -0.25) is 5.43 Å². The Morgan fingerprint density at radius 2 is 2.05 bits per heavy atom. The van der Waals surface area contributed by atoms with Crippen LogP contribution in [0.25, 0.3) is 0 Å². The molecule has 0 aromatic heterocycles. The zero-order valence-corrected chi connectivity index (χ0v) is 11.5. The number of anilines is 1. The SMILES string of the molecule is Cc1ccccc1/C=N\Nc1cc(C(=O)[O-])ccc1Cl. The van der Waals surface area contributed by atoms with Crippen LogP contribution in [-0.2, 0) is 0 Å². The molecule has 0 heterocycles. The minimum Gasteiger partial charge on any atom is -0.545 e. The number of carbonyl (C=O) groups excluding carboxylic acids is 1. The van der Waals surface area contributed by atoms with Crippen LogP contribution in [0, 0.1) is 6.92 Å². The number of carboxylic acid groups (broad SMARTS) is 1. The molecule has 4 nitrogen and oxygen atoms in total. The Morgan fingerprint density at radius 1 is 1.30 bits per heavy atom. The average Bonchev–Trinajstić information content (AvgIpc) is 2.42. The van der Waals surface area contributed by atoms with E-state index >= 15 is 0 Å². The van der Waals surface area contributed by atoms with Gasteiger partial charge >= 0.3 is 0 Å². The molecule has 0 aliphatic carbocycles. The van der Waals surface area contributed by atoms with Crippen molar-refractivity contribution in [3.8, 4) is 0 Å². The second kappa shape index (κ2) is 6.21. The third kappa shape index (κ3) is 3.36. The van der Waals surface area contributed by atoms with Crippen LogP contribution >= 0.6 is 11.6 Å². The van der Waals surface area contributed by atoms with Crippen LogP contribution in [0.2, 0.25) is 5.02 Å². The number of carboxylic acids is 1. The summed E-state index contributed by atoms with van der Waals surface area (Å²) in [6.45, 7) is 1.98. The van der Waals surface area contributed by atoms with Gasteiger partial charge in [-0.05, 0) is 35.7 Å². The predicted molar refractivity (Wildman–Crippen MR) is 78.2 cm³/mol. The number of carbonyl (C=O) groups is 1. The summed E-state index contributed by atoms with van der Waals surface area (Å²) >= 11 is 5.96. The first-order valence-electron chi connectivity index (χ1n) is 5.93. The quantitative estimate of drug-likeness (QED) is 0.694. The number of nitrogens with zero attached hydrogens (tertiary/aromatic N) is 1. The first-order chi connectivity index (χ1) is 9.58. The first-order valence-corrected chi connectivity index (χ1v) is 6.31. The Hall–Kier alpha value is -2.33. The van der Waals surface area contributed by atoms with Crippen molar-refractivity contribution in [2.24, 2.45) is 5.10 Å². The van der Waals surface area contributed by atoms with Crippen molar-refractivity contribution >= 4 is 29.5 Å². The fourth-order valence-corrected chi connectivity index (χ4v) is 1.80. The molecule has 0 aliphatic rings. The molecule has 2 rings (SSSR count). The van der Waals surface area contributed by atoms with Gasteiger partial charge in [0.15, 0.2) is 0 Å². The Bertz CT molecular complexity index is 669. The molecule has 0 bridgehead atoms. The smallest absolute Gasteiger partial charge is 0.0754 e. The van der Waals surface area contributed by atoms with E-state index in [9.17, 15) is 9.90 Å². The van der Waals surface area contributed by atoms with E-state index in [-0.39, 0.29) is 5.56 Å². The molecule has 0 atom stereocenters. The Labute approximate surface area is 121 Å². The molecule has 1 N–H and O–H groups in total. The summed E-state index contributed by atoms with van der Waals surface area (Å²) in [5, 5.41) is 15.2. The lowest BCUT2D eigenvalue weighted by atomic mass is 10.1. The lowest BCUT2D eigenvalue weighted by Crippen LogP contribution is -2.22. The summed E-state index contributed by atoms with van der Waals surface area (Å²) in [6, 6.07) is 12.0. The van der Waals surface area contributed by atoms with Gasteiger partial charge in [-0.1, -0.05) is 41.9 Å². The van der Waals surface area contributed by atoms with E-state index in [0.717, 1.165) is 11.1 Å². The largest absolute Gasteiger partial charge is 0.545 e. The van der Waals surface area contributed by atoms with Crippen LogP contribution < -0.4 is 10.5 Å². The molecule has 0 amide bonds. The van der Waals surface area contributed by atoms with Crippen LogP contribution in [0.3, 0.4) is 0 Å². The topological polar surface area (TPSA) is 64.5 Å². The first kappa shape index (κ1) is 14.1. The van der Waals surface area contributed by atoms with Crippen molar-refractivity contribution in [3.63, 3.8) is 0 Å². The van der Waals surface area contributed by atoms with Crippen molar-refractivity contribution < 1.29 is 9.90 Å². The zero-order chi connectivity index (χ0) is 14.5. The van der Waals surface area contributed by atoms with Crippen molar-refractivity contribution in [2.45, 2.75) is 6.92 Å². The van der Waals surface area contributed by atoms with Crippen molar-refractivity contribution in [1.82, 2.24) is 0 Å². The van der Waals surface area contributed by atoms with Crippen molar-refractivity contribution in [3.05, 3.63) is 64.2 Å². The molecular weight excluding hydrogens is 276 g/mol. The zero-order valence-electron chi connectivity index (χ0n) is 10.8. The Kier molecular flexibility index (Phi) is 4.38. The summed E-state index contributed by atoms with van der Waals surface area (Å²) in [4.78, 5) is 10.8. The van der Waals surface area contributed by atoms with Gasteiger partial charge in [0, 0.05) is 0 Å². The average molecular weight is 288 g/mol. The maximum atomic E-state index is 10.8. The van der Waals surface area contributed by atoms with Gasteiger partial charge in [-0.25, -0.2) is 0 Å². The highest BCUT2D eigenvalue weighted by Crippen LogP contribution is 2.22. The highest BCUT2D eigenvalue weighted by molar-refractivity contribution is 6.33. The minimum absolute atomic E-state index is 0.0444. The number of rotatable bonds is 4. The van der Waals surface area contributed by atoms with Crippen LogP contribution in [0.15, 0.2) is 47.6 Å². The number of aryl methyl sites for hydroxylation is 1. The maximum absolute atomic E-state index is 10.8. The molecular formula is C15H12ClN2O2-. The summed E-state index contributed by atoms with van der Waals surface area (Å²) in [5.74, 6) is -1.26. The number of benzene rings is 2. The molecule has 20 heavy (non-hydrogen) atoms. The van der Waals surface area contributed by atoms with E-state index in [1.54, 1.807) is 6.21 Å². The van der Waals surface area contributed by atoms with Crippen LogP contribution in [-0.4, -0.2) is 12.2 Å². The normalized spacial score (nSPS) is 10.7. The number of aromatic carboxylic acids is 1. The van der Waals surface area contributed by atoms with E-state index in [4.69, 9.17) is 11.6 Å². The van der Waals surface area contributed by atoms with E-state index in [1.807, 2.05) is 31.2 Å². The molecule has 2 aromatic rings. The van der Waals surface area contributed by atoms with Crippen LogP contribution in [0.1, 0.15) is 21.5 Å². The molecule has 2 aromatic carbocycles. The number of hydrogen-bond donors (Lipinski definition) is 1. The third-order valence-electron chi connectivity index (χ3n) is 2.78. The highest BCUT2D eigenvalue weighted by Gasteiger charge is 2.01. The standard InChI is InChI=1S/C15H13ClN2O2/c1-10-4-2-3-5-12(10)9-17-18-14-8-11(15(19)20)6-7-13(14)16/h2-9,18H,1H3,(H,19,20)/p-1/b17-9-. The van der Waals surface area contributed by atoms with Gasteiger partial charge in [-0.15, -0.1) is 0 Å². The Balaban J connectivity index is 2.17.